The lowest BCUT2D eigenvalue weighted by Gasteiger charge is -2.11. The Morgan fingerprint density at radius 1 is 0.923 bits per heavy atom. The smallest absolute Gasteiger partial charge is 0.257 e. The highest BCUT2D eigenvalue weighted by molar-refractivity contribution is 6.09. The van der Waals surface area contributed by atoms with Crippen LogP contribution in [0.3, 0.4) is 0 Å². The van der Waals surface area contributed by atoms with Gasteiger partial charge in [0.05, 0.1) is 5.56 Å². The van der Waals surface area contributed by atoms with Crippen LogP contribution in [0.4, 0.5) is 5.82 Å². The normalized spacial score (nSPS) is 10.4. The molecular weight excluding hydrogens is 324 g/mol. The van der Waals surface area contributed by atoms with E-state index in [1.54, 1.807) is 24.4 Å². The SMILES string of the molecule is Cc1cccc(CC(=O)c2cccnc2NC(=O)c2ccccc2C)c1. The predicted octanol–water partition coefficient (Wildman–Crippen LogP) is 4.38. The number of pyridine rings is 1. The van der Waals surface area contributed by atoms with Gasteiger partial charge in [-0.2, -0.15) is 0 Å². The number of amides is 1. The van der Waals surface area contributed by atoms with Crippen molar-refractivity contribution in [2.75, 3.05) is 5.32 Å². The van der Waals surface area contributed by atoms with E-state index in [-0.39, 0.29) is 18.1 Å². The number of benzene rings is 2. The van der Waals surface area contributed by atoms with Crippen molar-refractivity contribution in [2.45, 2.75) is 20.3 Å². The Morgan fingerprint density at radius 2 is 1.69 bits per heavy atom. The standard InChI is InChI=1S/C22H20N2O2/c1-15-7-5-9-17(13-15)14-20(25)19-11-6-12-23-21(19)24-22(26)18-10-4-3-8-16(18)2/h3-13H,14H2,1-2H3,(H,23,24,26). The molecule has 0 aliphatic carbocycles. The van der Waals surface area contributed by atoms with Gasteiger partial charge in [0.2, 0.25) is 0 Å². The maximum Gasteiger partial charge on any atom is 0.257 e. The molecule has 1 N–H and O–H groups in total. The van der Waals surface area contributed by atoms with Gasteiger partial charge in [-0.05, 0) is 43.2 Å². The third-order valence-electron chi connectivity index (χ3n) is 4.18. The minimum absolute atomic E-state index is 0.0798. The number of nitrogens with zero attached hydrogens (tertiary/aromatic N) is 1. The first kappa shape index (κ1) is 17.5. The van der Waals surface area contributed by atoms with Crippen molar-refractivity contribution in [3.8, 4) is 0 Å². The van der Waals surface area contributed by atoms with Gasteiger partial charge in [0, 0.05) is 18.2 Å². The zero-order chi connectivity index (χ0) is 18.5. The molecule has 0 fully saturated rings. The molecule has 1 amide bonds. The summed E-state index contributed by atoms with van der Waals surface area (Å²) in [5.41, 5.74) is 3.89. The van der Waals surface area contributed by atoms with Gasteiger partial charge in [-0.25, -0.2) is 4.98 Å². The van der Waals surface area contributed by atoms with E-state index in [1.165, 1.54) is 0 Å². The molecule has 0 unspecified atom stereocenters. The van der Waals surface area contributed by atoms with Crippen LogP contribution in [-0.2, 0) is 6.42 Å². The lowest BCUT2D eigenvalue weighted by molar-refractivity contribution is 0.0993. The fourth-order valence-corrected chi connectivity index (χ4v) is 2.84. The van der Waals surface area contributed by atoms with Crippen molar-refractivity contribution in [3.63, 3.8) is 0 Å². The Kier molecular flexibility index (Phi) is 5.23. The molecule has 0 radical (unpaired) electrons. The second-order valence-electron chi connectivity index (χ2n) is 6.26. The summed E-state index contributed by atoms with van der Waals surface area (Å²) in [4.78, 5) is 29.5. The molecule has 3 rings (SSSR count). The van der Waals surface area contributed by atoms with Crippen molar-refractivity contribution >= 4 is 17.5 Å². The average Bonchev–Trinajstić information content (AvgIpc) is 2.62. The minimum atomic E-state index is -0.272. The summed E-state index contributed by atoms with van der Waals surface area (Å²) in [6.07, 6.45) is 1.83. The molecule has 0 spiro atoms. The van der Waals surface area contributed by atoms with E-state index in [0.717, 1.165) is 16.7 Å². The highest BCUT2D eigenvalue weighted by atomic mass is 16.2. The van der Waals surface area contributed by atoms with E-state index < -0.39 is 0 Å². The first-order valence-corrected chi connectivity index (χ1v) is 8.45. The number of Topliss-reactive ketones (excluding diaryl/α,β-unsaturated/α-hetero) is 1. The van der Waals surface area contributed by atoms with Crippen molar-refractivity contribution < 1.29 is 9.59 Å². The Labute approximate surface area is 152 Å². The Hall–Kier alpha value is -3.27. The van der Waals surface area contributed by atoms with E-state index in [4.69, 9.17) is 0 Å². The molecule has 1 heterocycles. The zero-order valence-electron chi connectivity index (χ0n) is 14.8. The lowest BCUT2D eigenvalue weighted by Crippen LogP contribution is -2.17. The molecule has 0 saturated heterocycles. The number of ketones is 1. The molecule has 0 aliphatic heterocycles. The summed E-state index contributed by atoms with van der Waals surface area (Å²) >= 11 is 0. The first-order chi connectivity index (χ1) is 12.5. The monoisotopic (exact) mass is 344 g/mol. The van der Waals surface area contributed by atoms with E-state index in [1.807, 2.05) is 56.3 Å². The van der Waals surface area contributed by atoms with Crippen LogP contribution in [0.25, 0.3) is 0 Å². The maximum absolute atomic E-state index is 12.7. The van der Waals surface area contributed by atoms with E-state index >= 15 is 0 Å². The Morgan fingerprint density at radius 3 is 2.46 bits per heavy atom. The van der Waals surface area contributed by atoms with Crippen molar-refractivity contribution in [1.29, 1.82) is 0 Å². The highest BCUT2D eigenvalue weighted by Crippen LogP contribution is 2.17. The van der Waals surface area contributed by atoms with Gasteiger partial charge < -0.3 is 5.32 Å². The van der Waals surface area contributed by atoms with Gasteiger partial charge in [0.1, 0.15) is 5.82 Å². The Balaban J connectivity index is 1.83. The minimum Gasteiger partial charge on any atom is -0.306 e. The molecule has 3 aromatic rings. The number of carbonyl (C=O) groups is 2. The highest BCUT2D eigenvalue weighted by Gasteiger charge is 2.16. The maximum atomic E-state index is 12.7. The number of anilines is 1. The zero-order valence-corrected chi connectivity index (χ0v) is 14.8. The van der Waals surface area contributed by atoms with Crippen LogP contribution in [0.1, 0.15) is 37.4 Å². The van der Waals surface area contributed by atoms with Crippen LogP contribution in [0, 0.1) is 13.8 Å². The fourth-order valence-electron chi connectivity index (χ4n) is 2.84. The summed E-state index contributed by atoms with van der Waals surface area (Å²) in [5, 5.41) is 2.77. The molecule has 26 heavy (non-hydrogen) atoms. The molecule has 0 saturated carbocycles. The van der Waals surface area contributed by atoms with Gasteiger partial charge in [-0.15, -0.1) is 0 Å². The van der Waals surface area contributed by atoms with Crippen molar-refractivity contribution in [3.05, 3.63) is 94.7 Å². The van der Waals surface area contributed by atoms with Gasteiger partial charge in [0.15, 0.2) is 5.78 Å². The molecule has 0 aliphatic rings. The van der Waals surface area contributed by atoms with Gasteiger partial charge in [-0.3, -0.25) is 9.59 Å². The molecule has 4 heteroatoms. The molecule has 1 aromatic heterocycles. The van der Waals surface area contributed by atoms with E-state index in [2.05, 4.69) is 10.3 Å². The van der Waals surface area contributed by atoms with Crippen LogP contribution in [-0.4, -0.2) is 16.7 Å². The predicted molar refractivity (Wildman–Crippen MR) is 103 cm³/mol. The van der Waals surface area contributed by atoms with Gasteiger partial charge in [-0.1, -0.05) is 48.0 Å². The molecule has 4 nitrogen and oxygen atoms in total. The van der Waals surface area contributed by atoms with Crippen LogP contribution >= 0.6 is 0 Å². The number of nitrogens with one attached hydrogen (secondary N) is 1. The lowest BCUT2D eigenvalue weighted by atomic mass is 10.0. The summed E-state index contributed by atoms with van der Waals surface area (Å²) in [6.45, 7) is 3.86. The number of rotatable bonds is 5. The van der Waals surface area contributed by atoms with Gasteiger partial charge in [0.25, 0.3) is 5.91 Å². The van der Waals surface area contributed by atoms with Crippen LogP contribution in [0.2, 0.25) is 0 Å². The van der Waals surface area contributed by atoms with Crippen molar-refractivity contribution in [2.24, 2.45) is 0 Å². The number of aromatic nitrogens is 1. The van der Waals surface area contributed by atoms with Crippen LogP contribution in [0.5, 0.6) is 0 Å². The number of carbonyl (C=O) groups excluding carboxylic acids is 2. The largest absolute Gasteiger partial charge is 0.306 e. The second-order valence-corrected chi connectivity index (χ2v) is 6.26. The average molecular weight is 344 g/mol. The van der Waals surface area contributed by atoms with Crippen molar-refractivity contribution in [1.82, 2.24) is 4.98 Å². The third kappa shape index (κ3) is 4.03. The summed E-state index contributed by atoms with van der Waals surface area (Å²) in [7, 11) is 0. The third-order valence-corrected chi connectivity index (χ3v) is 4.18. The number of aryl methyl sites for hydroxylation is 2. The Bertz CT molecular complexity index is 964. The van der Waals surface area contributed by atoms with E-state index in [0.29, 0.717) is 16.9 Å². The summed E-state index contributed by atoms with van der Waals surface area (Å²) in [5.74, 6) is -0.0615. The molecular formula is C22H20N2O2. The molecule has 0 bridgehead atoms. The number of hydrogen-bond donors (Lipinski definition) is 1. The summed E-state index contributed by atoms with van der Waals surface area (Å²) in [6, 6.07) is 18.5. The molecule has 2 aromatic carbocycles. The fraction of sp³-hybridized carbons (Fsp3) is 0.136. The van der Waals surface area contributed by atoms with E-state index in [9.17, 15) is 9.59 Å². The molecule has 130 valence electrons. The number of hydrogen-bond acceptors (Lipinski definition) is 3. The van der Waals surface area contributed by atoms with Crippen LogP contribution in [0.15, 0.2) is 66.9 Å². The summed E-state index contributed by atoms with van der Waals surface area (Å²) < 4.78 is 0. The topological polar surface area (TPSA) is 59.1 Å². The first-order valence-electron chi connectivity index (χ1n) is 8.45. The van der Waals surface area contributed by atoms with Gasteiger partial charge >= 0.3 is 0 Å². The second kappa shape index (κ2) is 7.74. The van der Waals surface area contributed by atoms with Crippen LogP contribution < -0.4 is 5.32 Å². The molecule has 0 atom stereocenters. The quantitative estimate of drug-likeness (QED) is 0.699.